The van der Waals surface area contributed by atoms with Crippen molar-refractivity contribution in [3.63, 3.8) is 0 Å². The highest BCUT2D eigenvalue weighted by Crippen LogP contribution is 2.38. The molecule has 0 unspecified atom stereocenters. The number of nitrogens with zero attached hydrogens (tertiary/aromatic N) is 2. The molecule has 8 nitrogen and oxygen atoms in total. The Morgan fingerprint density at radius 3 is 2.53 bits per heavy atom. The lowest BCUT2D eigenvalue weighted by atomic mass is 9.75. The van der Waals surface area contributed by atoms with Gasteiger partial charge < -0.3 is 24.4 Å². The molecule has 176 valence electrons. The van der Waals surface area contributed by atoms with Gasteiger partial charge in [-0.05, 0) is 43.2 Å². The van der Waals surface area contributed by atoms with Gasteiger partial charge in [0.1, 0.15) is 12.4 Å². The van der Waals surface area contributed by atoms with Gasteiger partial charge in [-0.15, -0.1) is 0 Å². The zero-order valence-electron chi connectivity index (χ0n) is 18.9. The second-order valence-corrected chi connectivity index (χ2v) is 8.80. The van der Waals surface area contributed by atoms with E-state index in [4.69, 9.17) is 14.6 Å². The lowest BCUT2D eigenvalue weighted by molar-refractivity contribution is -0.141. The minimum atomic E-state index is -0.979. The number of benzene rings is 1. The molecule has 1 N–H and O–H groups in total. The van der Waals surface area contributed by atoms with Gasteiger partial charge in [0.15, 0.2) is 0 Å². The average Bonchev–Trinajstić information content (AvgIpc) is 2.79. The number of hydrogen-bond donors (Lipinski definition) is 1. The van der Waals surface area contributed by atoms with E-state index in [0.29, 0.717) is 44.1 Å². The zero-order valence-corrected chi connectivity index (χ0v) is 18.9. The number of amides is 2. The third-order valence-electron chi connectivity index (χ3n) is 6.59. The molecule has 3 heterocycles. The summed E-state index contributed by atoms with van der Waals surface area (Å²) in [5.41, 5.74) is 0.574. The van der Waals surface area contributed by atoms with Crippen LogP contribution in [0, 0.1) is 5.41 Å². The number of methoxy groups -OCH3 is 1. The number of hydrogen-bond acceptors (Lipinski definition) is 5. The van der Waals surface area contributed by atoms with Crippen molar-refractivity contribution >= 4 is 17.8 Å². The van der Waals surface area contributed by atoms with Crippen LogP contribution >= 0.6 is 0 Å². The summed E-state index contributed by atoms with van der Waals surface area (Å²) in [6, 6.07) is 7.22. The summed E-state index contributed by atoms with van der Waals surface area (Å²) >= 11 is 0. The SMILES string of the molecule is COCC12CCCCN(C(=O)CCC(=O)O)CCOc3ccccc3C(=O)N(CC1)CC2. The summed E-state index contributed by atoms with van der Waals surface area (Å²) < 4.78 is 11.5. The predicted octanol–water partition coefficient (Wildman–Crippen LogP) is 2.81. The van der Waals surface area contributed by atoms with Crippen LogP contribution in [0.5, 0.6) is 5.75 Å². The van der Waals surface area contributed by atoms with Gasteiger partial charge >= 0.3 is 5.97 Å². The standard InChI is InChI=1S/C24H34N2O6/c1-31-18-24-10-4-5-13-25(21(27)8-9-22(28)29)16-17-32-20-7-3-2-6-19(20)23(30)26(14-11-24)15-12-24/h2-3,6-7H,4-5,8-18H2,1H3,(H,28,29). The fourth-order valence-electron chi connectivity index (χ4n) is 4.70. The Kier molecular flexibility index (Phi) is 8.50. The van der Waals surface area contributed by atoms with Gasteiger partial charge in [-0.3, -0.25) is 14.4 Å². The summed E-state index contributed by atoms with van der Waals surface area (Å²) in [4.78, 5) is 40.3. The summed E-state index contributed by atoms with van der Waals surface area (Å²) in [6.07, 6.45) is 4.33. The van der Waals surface area contributed by atoms with Gasteiger partial charge in [-0.2, -0.15) is 0 Å². The van der Waals surface area contributed by atoms with Crippen LogP contribution in [0.25, 0.3) is 0 Å². The smallest absolute Gasteiger partial charge is 0.303 e. The van der Waals surface area contributed by atoms with Crippen LogP contribution in [0.4, 0.5) is 0 Å². The highest BCUT2D eigenvalue weighted by Gasteiger charge is 2.36. The molecule has 32 heavy (non-hydrogen) atoms. The van der Waals surface area contributed by atoms with E-state index < -0.39 is 5.97 Å². The Morgan fingerprint density at radius 2 is 1.81 bits per heavy atom. The first-order valence-electron chi connectivity index (χ1n) is 11.4. The number of rotatable bonds is 5. The normalized spacial score (nSPS) is 19.5. The van der Waals surface area contributed by atoms with E-state index in [2.05, 4.69) is 0 Å². The van der Waals surface area contributed by atoms with Crippen LogP contribution in [-0.2, 0) is 14.3 Å². The van der Waals surface area contributed by atoms with Crippen molar-refractivity contribution in [1.82, 2.24) is 9.80 Å². The molecule has 3 aliphatic rings. The number of aliphatic carboxylic acids is 1. The van der Waals surface area contributed by atoms with Crippen molar-refractivity contribution in [3.05, 3.63) is 29.8 Å². The number of carbonyl (C=O) groups is 3. The quantitative estimate of drug-likeness (QED) is 0.747. The Balaban J connectivity index is 1.79. The van der Waals surface area contributed by atoms with Crippen LogP contribution in [0.15, 0.2) is 24.3 Å². The number of ether oxygens (including phenoxy) is 2. The molecule has 0 saturated carbocycles. The molecular formula is C24H34N2O6. The molecule has 1 aromatic rings. The van der Waals surface area contributed by atoms with E-state index in [0.717, 1.165) is 32.1 Å². The van der Waals surface area contributed by atoms with E-state index >= 15 is 0 Å². The largest absolute Gasteiger partial charge is 0.491 e. The van der Waals surface area contributed by atoms with Gasteiger partial charge in [-0.1, -0.05) is 18.6 Å². The number of piperidine rings is 1. The van der Waals surface area contributed by atoms with E-state index in [9.17, 15) is 14.4 Å². The van der Waals surface area contributed by atoms with Gasteiger partial charge in [0, 0.05) is 33.2 Å². The molecule has 1 fully saturated rings. The molecule has 3 aliphatic heterocycles. The zero-order chi connectivity index (χ0) is 23.0. The highest BCUT2D eigenvalue weighted by molar-refractivity contribution is 5.97. The molecule has 2 bridgehead atoms. The Labute approximate surface area is 189 Å². The number of carboxylic acid groups (broad SMARTS) is 1. The molecule has 0 aliphatic carbocycles. The van der Waals surface area contributed by atoms with Crippen LogP contribution in [0.3, 0.4) is 0 Å². The Bertz CT molecular complexity index is 803. The van der Waals surface area contributed by atoms with Crippen molar-refractivity contribution in [1.29, 1.82) is 0 Å². The van der Waals surface area contributed by atoms with Crippen molar-refractivity contribution in [2.75, 3.05) is 46.5 Å². The molecule has 1 aromatic carbocycles. The first kappa shape index (κ1) is 24.0. The highest BCUT2D eigenvalue weighted by atomic mass is 16.5. The van der Waals surface area contributed by atoms with Crippen molar-refractivity contribution in [2.45, 2.75) is 44.9 Å². The summed E-state index contributed by atoms with van der Waals surface area (Å²) in [7, 11) is 1.72. The average molecular weight is 447 g/mol. The maximum absolute atomic E-state index is 13.2. The van der Waals surface area contributed by atoms with Crippen molar-refractivity contribution < 1.29 is 29.0 Å². The minimum absolute atomic E-state index is 0.0209. The molecule has 4 rings (SSSR count). The van der Waals surface area contributed by atoms with E-state index in [1.165, 1.54) is 0 Å². The predicted molar refractivity (Wildman–Crippen MR) is 119 cm³/mol. The first-order valence-corrected chi connectivity index (χ1v) is 11.4. The Morgan fingerprint density at radius 1 is 1.06 bits per heavy atom. The van der Waals surface area contributed by atoms with Gasteiger partial charge in [0.2, 0.25) is 5.91 Å². The minimum Gasteiger partial charge on any atom is -0.491 e. The van der Waals surface area contributed by atoms with Gasteiger partial charge in [0.05, 0.1) is 25.1 Å². The van der Waals surface area contributed by atoms with Crippen molar-refractivity contribution in [2.24, 2.45) is 5.41 Å². The first-order chi connectivity index (χ1) is 15.4. The molecule has 0 radical (unpaired) electrons. The third-order valence-corrected chi connectivity index (χ3v) is 6.59. The summed E-state index contributed by atoms with van der Waals surface area (Å²) in [5, 5.41) is 8.93. The lowest BCUT2D eigenvalue weighted by Gasteiger charge is -2.41. The second-order valence-electron chi connectivity index (χ2n) is 8.80. The molecule has 1 saturated heterocycles. The van der Waals surface area contributed by atoms with E-state index in [-0.39, 0.29) is 36.7 Å². The maximum Gasteiger partial charge on any atom is 0.303 e. The molecule has 0 aromatic heterocycles. The van der Waals surface area contributed by atoms with Crippen molar-refractivity contribution in [3.8, 4) is 5.75 Å². The fourth-order valence-corrected chi connectivity index (χ4v) is 4.70. The second kappa shape index (κ2) is 11.3. The molecule has 2 amide bonds. The number of carboxylic acids is 1. The van der Waals surface area contributed by atoms with Crippen LogP contribution in [0.2, 0.25) is 0 Å². The van der Waals surface area contributed by atoms with Gasteiger partial charge in [0.25, 0.3) is 5.91 Å². The van der Waals surface area contributed by atoms with E-state index in [1.54, 1.807) is 24.1 Å². The van der Waals surface area contributed by atoms with Crippen LogP contribution in [0.1, 0.15) is 55.3 Å². The topological polar surface area (TPSA) is 96.4 Å². The molecule has 8 heteroatoms. The summed E-state index contributed by atoms with van der Waals surface area (Å²) in [6.45, 7) is 3.21. The number of carbonyl (C=O) groups excluding carboxylic acids is 2. The molecule has 0 atom stereocenters. The summed E-state index contributed by atoms with van der Waals surface area (Å²) in [5.74, 6) is -0.675. The van der Waals surface area contributed by atoms with Gasteiger partial charge in [-0.25, -0.2) is 0 Å². The number of para-hydroxylation sites is 1. The maximum atomic E-state index is 13.2. The van der Waals surface area contributed by atoms with E-state index in [1.807, 2.05) is 17.0 Å². The van der Waals surface area contributed by atoms with Crippen LogP contribution < -0.4 is 4.74 Å². The third kappa shape index (κ3) is 6.22. The molecular weight excluding hydrogens is 412 g/mol. The fraction of sp³-hybridized carbons (Fsp3) is 0.625. The monoisotopic (exact) mass is 446 g/mol. The lowest BCUT2D eigenvalue weighted by Crippen LogP contribution is -2.45. The molecule has 0 spiro atoms. The Hall–Kier alpha value is -2.61. The number of fused-ring (bicyclic) bond motifs is 9. The van der Waals surface area contributed by atoms with Crippen LogP contribution in [-0.4, -0.2) is 79.2 Å².